The van der Waals surface area contributed by atoms with E-state index in [-0.39, 0.29) is 12.0 Å². The molecule has 116 valence electrons. The van der Waals surface area contributed by atoms with Gasteiger partial charge in [-0.3, -0.25) is 9.48 Å². The maximum Gasteiger partial charge on any atom is 0.257 e. The van der Waals surface area contributed by atoms with Crippen LogP contribution in [0.1, 0.15) is 23.7 Å². The summed E-state index contributed by atoms with van der Waals surface area (Å²) < 4.78 is 7.65. The lowest BCUT2D eigenvalue weighted by molar-refractivity contribution is 0.0772. The van der Waals surface area contributed by atoms with Gasteiger partial charge in [0.15, 0.2) is 0 Å². The molecule has 0 N–H and O–H groups in total. The average molecular weight is 320 g/mol. The van der Waals surface area contributed by atoms with E-state index in [2.05, 4.69) is 5.10 Å². The first-order valence-electron chi connectivity index (χ1n) is 7.39. The molecule has 1 saturated heterocycles. The Morgan fingerprint density at radius 3 is 3.09 bits per heavy atom. The molecule has 1 aliphatic heterocycles. The van der Waals surface area contributed by atoms with Gasteiger partial charge in [0, 0.05) is 30.7 Å². The average Bonchev–Trinajstić information content (AvgIpc) is 3.15. The Balaban J connectivity index is 1.61. The molecule has 6 heteroatoms. The van der Waals surface area contributed by atoms with Crippen molar-refractivity contribution in [3.8, 4) is 5.75 Å². The van der Waals surface area contributed by atoms with Gasteiger partial charge in [-0.2, -0.15) is 5.10 Å². The molecule has 1 amide bonds. The summed E-state index contributed by atoms with van der Waals surface area (Å²) in [6.45, 7) is 4.03. The van der Waals surface area contributed by atoms with Crippen LogP contribution in [0.25, 0.3) is 0 Å². The van der Waals surface area contributed by atoms with Crippen molar-refractivity contribution in [1.29, 1.82) is 0 Å². The van der Waals surface area contributed by atoms with E-state index in [1.807, 2.05) is 30.0 Å². The summed E-state index contributed by atoms with van der Waals surface area (Å²) in [6.07, 6.45) is 4.23. The van der Waals surface area contributed by atoms with Crippen LogP contribution in [0.2, 0.25) is 5.02 Å². The molecule has 1 aromatic carbocycles. The normalized spacial score (nSPS) is 17.7. The van der Waals surface area contributed by atoms with E-state index < -0.39 is 0 Å². The molecule has 1 fully saturated rings. The highest BCUT2D eigenvalue weighted by Crippen LogP contribution is 2.22. The highest BCUT2D eigenvalue weighted by Gasteiger charge is 2.28. The highest BCUT2D eigenvalue weighted by molar-refractivity contribution is 6.30. The molecule has 0 radical (unpaired) electrons. The van der Waals surface area contributed by atoms with Gasteiger partial charge in [-0.05, 0) is 25.1 Å². The van der Waals surface area contributed by atoms with Crippen molar-refractivity contribution in [2.75, 3.05) is 13.1 Å². The number of nitrogens with zero attached hydrogens (tertiary/aromatic N) is 3. The van der Waals surface area contributed by atoms with Crippen LogP contribution in [-0.4, -0.2) is 39.8 Å². The zero-order valence-corrected chi connectivity index (χ0v) is 13.2. The summed E-state index contributed by atoms with van der Waals surface area (Å²) >= 11 is 5.95. The van der Waals surface area contributed by atoms with Gasteiger partial charge in [-0.15, -0.1) is 0 Å². The Kier molecular flexibility index (Phi) is 4.34. The molecule has 1 aromatic heterocycles. The number of carbonyl (C=O) groups is 1. The summed E-state index contributed by atoms with van der Waals surface area (Å²) in [5.41, 5.74) is 0.630. The summed E-state index contributed by atoms with van der Waals surface area (Å²) in [6, 6.07) is 7.33. The molecule has 1 atom stereocenters. The molecule has 22 heavy (non-hydrogen) atoms. The van der Waals surface area contributed by atoms with Crippen LogP contribution in [0.3, 0.4) is 0 Å². The third-order valence-corrected chi connectivity index (χ3v) is 3.97. The zero-order valence-electron chi connectivity index (χ0n) is 12.4. The number of hydrogen-bond donors (Lipinski definition) is 0. The largest absolute Gasteiger partial charge is 0.488 e. The second-order valence-corrected chi connectivity index (χ2v) is 5.76. The number of amides is 1. The van der Waals surface area contributed by atoms with Gasteiger partial charge < -0.3 is 9.64 Å². The number of aryl methyl sites for hydroxylation is 1. The minimum atomic E-state index is 0.00337. The molecular weight excluding hydrogens is 302 g/mol. The summed E-state index contributed by atoms with van der Waals surface area (Å²) in [4.78, 5) is 14.2. The monoisotopic (exact) mass is 319 g/mol. The molecule has 3 rings (SSSR count). The van der Waals surface area contributed by atoms with Gasteiger partial charge >= 0.3 is 0 Å². The molecule has 2 aromatic rings. The number of halogens is 1. The quantitative estimate of drug-likeness (QED) is 0.870. The number of benzene rings is 1. The number of hydrogen-bond acceptors (Lipinski definition) is 3. The maximum atomic E-state index is 12.4. The Morgan fingerprint density at radius 1 is 1.50 bits per heavy atom. The van der Waals surface area contributed by atoms with Crippen LogP contribution in [0.5, 0.6) is 5.75 Å². The van der Waals surface area contributed by atoms with E-state index >= 15 is 0 Å². The van der Waals surface area contributed by atoms with E-state index in [0.29, 0.717) is 23.7 Å². The lowest BCUT2D eigenvalue weighted by Gasteiger charge is -2.16. The number of aromatic nitrogens is 2. The fraction of sp³-hybridized carbons (Fsp3) is 0.375. The molecule has 1 aliphatic rings. The number of ether oxygens (including phenoxy) is 1. The molecule has 0 bridgehead atoms. The molecule has 0 aliphatic carbocycles. The van der Waals surface area contributed by atoms with E-state index in [1.54, 1.807) is 23.1 Å². The lowest BCUT2D eigenvalue weighted by Crippen LogP contribution is -2.30. The predicted molar refractivity (Wildman–Crippen MR) is 84.3 cm³/mol. The fourth-order valence-corrected chi connectivity index (χ4v) is 2.75. The lowest BCUT2D eigenvalue weighted by atomic mass is 10.3. The fourth-order valence-electron chi connectivity index (χ4n) is 2.57. The first-order valence-corrected chi connectivity index (χ1v) is 7.77. The van der Waals surface area contributed by atoms with Crippen LogP contribution in [-0.2, 0) is 6.54 Å². The van der Waals surface area contributed by atoms with Crippen LogP contribution in [0.4, 0.5) is 0 Å². The Bertz CT molecular complexity index is 671. The second-order valence-electron chi connectivity index (χ2n) is 5.32. The van der Waals surface area contributed by atoms with Crippen molar-refractivity contribution in [1.82, 2.24) is 14.7 Å². The van der Waals surface area contributed by atoms with Crippen LogP contribution >= 0.6 is 11.6 Å². The van der Waals surface area contributed by atoms with Crippen LogP contribution < -0.4 is 4.74 Å². The standard InChI is InChI=1S/C16H18ClN3O2/c1-2-20-10-12(9-18-20)16(21)19-7-6-15(11-19)22-14-5-3-4-13(17)8-14/h3-5,8-10,15H,2,6-7,11H2,1H3/t15-/m0/s1. The molecule has 0 spiro atoms. The van der Waals surface area contributed by atoms with Crippen LogP contribution in [0.15, 0.2) is 36.7 Å². The first-order chi connectivity index (χ1) is 10.7. The van der Waals surface area contributed by atoms with Gasteiger partial charge in [0.25, 0.3) is 5.91 Å². The van der Waals surface area contributed by atoms with Gasteiger partial charge in [0.05, 0.1) is 18.3 Å². The number of rotatable bonds is 4. The second kappa shape index (κ2) is 6.40. The summed E-state index contributed by atoms with van der Waals surface area (Å²) in [5.74, 6) is 0.752. The molecule has 5 nitrogen and oxygen atoms in total. The highest BCUT2D eigenvalue weighted by atomic mass is 35.5. The zero-order chi connectivity index (χ0) is 15.5. The van der Waals surface area contributed by atoms with Crippen molar-refractivity contribution in [3.05, 3.63) is 47.2 Å². The van der Waals surface area contributed by atoms with Crippen molar-refractivity contribution >= 4 is 17.5 Å². The molecule has 0 unspecified atom stereocenters. The summed E-state index contributed by atoms with van der Waals surface area (Å²) in [5, 5.41) is 4.80. The summed E-state index contributed by atoms with van der Waals surface area (Å²) in [7, 11) is 0. The SMILES string of the molecule is CCn1cc(C(=O)N2CC[C@H](Oc3cccc(Cl)c3)C2)cn1. The third-order valence-electron chi connectivity index (χ3n) is 3.74. The van der Waals surface area contributed by atoms with Gasteiger partial charge in [0.1, 0.15) is 11.9 Å². The van der Waals surface area contributed by atoms with E-state index in [4.69, 9.17) is 16.3 Å². The molecule has 2 heterocycles. The maximum absolute atomic E-state index is 12.4. The van der Waals surface area contributed by atoms with Crippen molar-refractivity contribution in [2.45, 2.75) is 26.0 Å². The van der Waals surface area contributed by atoms with E-state index in [9.17, 15) is 4.79 Å². The van der Waals surface area contributed by atoms with E-state index in [1.165, 1.54) is 0 Å². The molecular formula is C16H18ClN3O2. The van der Waals surface area contributed by atoms with Crippen LogP contribution in [0, 0.1) is 0 Å². The minimum Gasteiger partial charge on any atom is -0.488 e. The molecule has 0 saturated carbocycles. The smallest absolute Gasteiger partial charge is 0.257 e. The van der Waals surface area contributed by atoms with Crippen molar-refractivity contribution in [2.24, 2.45) is 0 Å². The Morgan fingerprint density at radius 2 is 2.36 bits per heavy atom. The minimum absolute atomic E-state index is 0.00337. The Labute approximate surface area is 134 Å². The number of likely N-dealkylation sites (tertiary alicyclic amines) is 1. The topological polar surface area (TPSA) is 47.4 Å². The van der Waals surface area contributed by atoms with Crippen molar-refractivity contribution < 1.29 is 9.53 Å². The van der Waals surface area contributed by atoms with Crippen molar-refractivity contribution in [3.63, 3.8) is 0 Å². The van der Waals surface area contributed by atoms with E-state index in [0.717, 1.165) is 18.7 Å². The Hall–Kier alpha value is -2.01. The van der Waals surface area contributed by atoms with Gasteiger partial charge in [-0.25, -0.2) is 0 Å². The predicted octanol–water partition coefficient (Wildman–Crippen LogP) is 2.85. The van der Waals surface area contributed by atoms with Gasteiger partial charge in [-0.1, -0.05) is 17.7 Å². The van der Waals surface area contributed by atoms with Gasteiger partial charge in [0.2, 0.25) is 0 Å². The first kappa shape index (κ1) is 14.9. The number of carbonyl (C=O) groups excluding carboxylic acids is 1. The third kappa shape index (κ3) is 3.25.